The Morgan fingerprint density at radius 1 is 1.41 bits per heavy atom. The Morgan fingerprint density at radius 3 is 2.81 bits per heavy atom. The largest absolute Gasteiger partial charge is 0.477 e. The number of aryl methyl sites for hydroxylation is 1. The monoisotopic (exact) mass is 568 g/mol. The average Bonchev–Trinajstić information content (AvgIpc) is 3.48. The number of hydrogen-bond acceptors (Lipinski definition) is 14. The Labute approximate surface area is 221 Å². The highest BCUT2D eigenvalue weighted by Gasteiger charge is 2.54. The van der Waals surface area contributed by atoms with Gasteiger partial charge in [-0.1, -0.05) is 16.9 Å². The summed E-state index contributed by atoms with van der Waals surface area (Å²) in [5.41, 5.74) is 5.72. The second-order valence-corrected chi connectivity index (χ2v) is 10.3. The Bertz CT molecular complexity index is 1310. The molecule has 5 N–H and O–H groups in total. The molecule has 2 atom stereocenters. The molecule has 19 heteroatoms. The molecule has 1 fully saturated rings. The highest BCUT2D eigenvalue weighted by Crippen LogP contribution is 2.41. The summed E-state index contributed by atoms with van der Waals surface area (Å²) in [6, 6.07) is -1.03. The molecule has 1 saturated heterocycles. The van der Waals surface area contributed by atoms with Gasteiger partial charge < -0.3 is 21.5 Å². The van der Waals surface area contributed by atoms with Gasteiger partial charge in [0.2, 0.25) is 5.16 Å². The molecule has 2 aliphatic heterocycles. The summed E-state index contributed by atoms with van der Waals surface area (Å²) in [6.45, 7) is 1.95. The number of thioether (sulfide) groups is 2. The van der Waals surface area contributed by atoms with Crippen molar-refractivity contribution in [1.29, 1.82) is 0 Å². The molecule has 2 aromatic heterocycles. The normalized spacial score (nSPS) is 19.2. The van der Waals surface area contributed by atoms with Crippen molar-refractivity contribution in [3.8, 4) is 0 Å². The summed E-state index contributed by atoms with van der Waals surface area (Å²) < 4.78 is 1.45. The van der Waals surface area contributed by atoms with E-state index in [1.165, 1.54) is 33.6 Å². The van der Waals surface area contributed by atoms with E-state index in [0.29, 0.717) is 16.5 Å². The van der Waals surface area contributed by atoms with Crippen LogP contribution in [0.15, 0.2) is 27.0 Å². The van der Waals surface area contributed by atoms with Gasteiger partial charge in [-0.15, -0.1) is 28.2 Å². The second kappa shape index (κ2) is 11.1. The van der Waals surface area contributed by atoms with E-state index in [1.54, 1.807) is 14.0 Å². The first-order valence-electron chi connectivity index (χ1n) is 10.5. The quantitative estimate of drug-likeness (QED) is 0.0961. The van der Waals surface area contributed by atoms with E-state index in [0.717, 1.165) is 16.2 Å². The van der Waals surface area contributed by atoms with Crippen molar-refractivity contribution in [2.45, 2.75) is 23.5 Å². The highest BCUT2D eigenvalue weighted by molar-refractivity contribution is 8.01. The molecule has 3 amide bonds. The number of rotatable bonds is 9. The van der Waals surface area contributed by atoms with Crippen LogP contribution in [-0.2, 0) is 26.3 Å². The number of aromatic nitrogens is 5. The molecule has 1 unspecified atom stereocenters. The van der Waals surface area contributed by atoms with Gasteiger partial charge in [-0.2, -0.15) is 0 Å². The fourth-order valence-electron chi connectivity index (χ4n) is 3.36. The number of amides is 3. The van der Waals surface area contributed by atoms with E-state index in [9.17, 15) is 24.3 Å². The molecule has 0 radical (unpaired) electrons. The molecular formula is C18H20N10O6S3. The molecule has 2 aliphatic rings. The lowest BCUT2D eigenvalue weighted by Gasteiger charge is -2.49. The first kappa shape index (κ1) is 26.4. The van der Waals surface area contributed by atoms with Crippen LogP contribution < -0.4 is 16.4 Å². The number of nitrogens with two attached hydrogens (primary N) is 1. The van der Waals surface area contributed by atoms with Crippen molar-refractivity contribution in [1.82, 2.24) is 40.7 Å². The van der Waals surface area contributed by atoms with Crippen molar-refractivity contribution in [3.63, 3.8) is 0 Å². The summed E-state index contributed by atoms with van der Waals surface area (Å²) in [5.74, 6) is -2.14. The van der Waals surface area contributed by atoms with Gasteiger partial charge in [0, 0.05) is 30.5 Å². The smallest absolute Gasteiger partial charge is 0.433 e. The van der Waals surface area contributed by atoms with Crippen molar-refractivity contribution < 1.29 is 29.1 Å². The number of nitrogens with zero attached hydrogens (tertiary/aromatic N) is 7. The van der Waals surface area contributed by atoms with Crippen molar-refractivity contribution >= 4 is 69.6 Å². The predicted molar refractivity (Wildman–Crippen MR) is 132 cm³/mol. The zero-order chi connectivity index (χ0) is 26.7. The Balaban J connectivity index is 1.50. The molecule has 4 heterocycles. The van der Waals surface area contributed by atoms with E-state index >= 15 is 0 Å². The number of oxime groups is 1. The minimum atomic E-state index is -1.26. The van der Waals surface area contributed by atoms with Crippen LogP contribution in [-0.4, -0.2) is 94.3 Å². The fourth-order valence-corrected chi connectivity index (χ4v) is 6.25. The first-order chi connectivity index (χ1) is 17.7. The number of thiazole rings is 1. The van der Waals surface area contributed by atoms with Crippen LogP contribution in [0.4, 0.5) is 9.93 Å². The Morgan fingerprint density at radius 2 is 2.19 bits per heavy atom. The van der Waals surface area contributed by atoms with E-state index in [1.807, 2.05) is 0 Å². The van der Waals surface area contributed by atoms with Crippen LogP contribution in [0.1, 0.15) is 12.6 Å². The zero-order valence-electron chi connectivity index (χ0n) is 19.3. The van der Waals surface area contributed by atoms with E-state index in [2.05, 4.69) is 36.3 Å². The van der Waals surface area contributed by atoms with Crippen LogP contribution >= 0.6 is 34.9 Å². The fraction of sp³-hybridized carbons (Fsp3) is 0.389. The molecule has 0 saturated carbocycles. The van der Waals surface area contributed by atoms with E-state index < -0.39 is 35.3 Å². The van der Waals surface area contributed by atoms with Crippen LogP contribution in [0.25, 0.3) is 0 Å². The zero-order valence-corrected chi connectivity index (χ0v) is 21.7. The summed E-state index contributed by atoms with van der Waals surface area (Å²) in [5, 5.41) is 30.9. The summed E-state index contributed by atoms with van der Waals surface area (Å²) in [4.78, 5) is 59.6. The number of carboxylic acid groups (broad SMARTS) is 1. The van der Waals surface area contributed by atoms with Gasteiger partial charge in [-0.05, 0) is 22.9 Å². The summed E-state index contributed by atoms with van der Waals surface area (Å²) in [7, 11) is 1.66. The van der Waals surface area contributed by atoms with Gasteiger partial charge in [0.05, 0.1) is 0 Å². The standard InChI is InChI=1S/C18H20N10O6S3/c1-3-20-18(33)34-24-9(8-6-36-16(19)21-8)12(29)22-10-13(30)28-11(15(31)32)7(4-35-14(10)28)5-37-17-23-25-26-27(17)2/h6,10,14H,3-5H2,1-2H3,(H2,19,21)(H,20,33)(H,22,29)(H,31,32)/t10?,14-/m0/s1. The van der Waals surface area contributed by atoms with Crippen molar-refractivity contribution in [2.75, 3.05) is 23.8 Å². The number of nitrogen functional groups attached to an aromatic ring is 1. The molecule has 0 bridgehead atoms. The molecule has 37 heavy (non-hydrogen) atoms. The lowest BCUT2D eigenvalue weighted by atomic mass is 10.0. The van der Waals surface area contributed by atoms with Crippen LogP contribution in [0.2, 0.25) is 0 Å². The van der Waals surface area contributed by atoms with Gasteiger partial charge in [-0.25, -0.2) is 19.3 Å². The number of carbonyl (C=O) groups is 4. The van der Waals surface area contributed by atoms with Crippen LogP contribution in [0.5, 0.6) is 0 Å². The molecule has 0 aromatic carbocycles. The third-order valence-electron chi connectivity index (χ3n) is 5.01. The van der Waals surface area contributed by atoms with Gasteiger partial charge >= 0.3 is 12.1 Å². The maximum absolute atomic E-state index is 13.0. The Kier molecular flexibility index (Phi) is 7.93. The number of anilines is 1. The Hall–Kier alpha value is -3.71. The maximum atomic E-state index is 13.0. The molecule has 2 aromatic rings. The second-order valence-electron chi connectivity index (χ2n) is 7.41. The minimum absolute atomic E-state index is 0.0490. The summed E-state index contributed by atoms with van der Waals surface area (Å²) in [6.07, 6.45) is -0.886. The third kappa shape index (κ3) is 5.52. The number of hydrogen-bond donors (Lipinski definition) is 4. The average molecular weight is 569 g/mol. The topological polar surface area (TPSA) is 220 Å². The minimum Gasteiger partial charge on any atom is -0.477 e. The molecule has 16 nitrogen and oxygen atoms in total. The van der Waals surface area contributed by atoms with Crippen molar-refractivity contribution in [3.05, 3.63) is 22.3 Å². The van der Waals surface area contributed by atoms with Crippen LogP contribution in [0.3, 0.4) is 0 Å². The van der Waals surface area contributed by atoms with Gasteiger partial charge in [0.1, 0.15) is 22.8 Å². The number of tetrazole rings is 1. The molecule has 4 rings (SSSR count). The predicted octanol–water partition coefficient (Wildman–Crippen LogP) is -0.770. The number of nitrogens with one attached hydrogen (secondary N) is 2. The SMILES string of the molecule is CCNC(=O)ON=C(C(=O)NC1C(=O)N2C(C(=O)O)=C(CSc3nnnn3C)CS[C@@H]12)c1csc(N)n1. The molecule has 196 valence electrons. The van der Waals surface area contributed by atoms with Gasteiger partial charge in [0.25, 0.3) is 11.8 Å². The van der Waals surface area contributed by atoms with Gasteiger partial charge in [-0.3, -0.25) is 19.3 Å². The molecular weight excluding hydrogens is 548 g/mol. The lowest BCUT2D eigenvalue weighted by Crippen LogP contribution is -2.71. The highest BCUT2D eigenvalue weighted by atomic mass is 32.2. The summed E-state index contributed by atoms with van der Waals surface area (Å²) >= 11 is 3.59. The number of carboxylic acids is 1. The number of fused-ring (bicyclic) bond motifs is 1. The number of carbonyl (C=O) groups excluding carboxylic acids is 3. The maximum Gasteiger partial charge on any atom is 0.433 e. The molecule has 0 aliphatic carbocycles. The van der Waals surface area contributed by atoms with Gasteiger partial charge in [0.15, 0.2) is 10.8 Å². The van der Waals surface area contributed by atoms with Crippen molar-refractivity contribution in [2.24, 2.45) is 12.2 Å². The lowest BCUT2D eigenvalue weighted by molar-refractivity contribution is -0.150. The number of aliphatic carboxylic acids is 1. The molecule has 0 spiro atoms. The van der Waals surface area contributed by atoms with Crippen LogP contribution in [0, 0.1) is 0 Å². The van der Waals surface area contributed by atoms with E-state index in [4.69, 9.17) is 10.6 Å². The third-order valence-corrected chi connectivity index (χ3v) is 8.12. The first-order valence-corrected chi connectivity index (χ1v) is 13.4. The van der Waals surface area contributed by atoms with E-state index in [-0.39, 0.29) is 34.5 Å². The number of β-lactam (4-membered cyclic amide) rings is 1.